The summed E-state index contributed by atoms with van der Waals surface area (Å²) < 4.78 is 0. The van der Waals surface area contributed by atoms with Gasteiger partial charge >= 0.3 is 0 Å². The lowest BCUT2D eigenvalue weighted by atomic mass is 10.0. The van der Waals surface area contributed by atoms with Crippen molar-refractivity contribution in [3.05, 3.63) is 47.7 Å². The van der Waals surface area contributed by atoms with Gasteiger partial charge in [-0.05, 0) is 51.3 Å². The van der Waals surface area contributed by atoms with Crippen molar-refractivity contribution in [2.45, 2.75) is 34.1 Å². The molecule has 0 fully saturated rings. The minimum atomic E-state index is 0.838. The highest BCUT2D eigenvalue weighted by Gasteiger charge is 2.09. The molecule has 0 aliphatic rings. The maximum Gasteiger partial charge on any atom is 0.0328 e. The topological polar surface area (TPSA) is 3.24 Å². The number of allylic oxidation sites excluding steroid dienone is 5. The number of terminal acetylenes is 1. The SMILES string of the molecule is C#C/C=C(C)/C=C(\CC(=C)C)C(=C)N(CC)CC. The predicted molar refractivity (Wildman–Crippen MR) is 82.2 cm³/mol. The average Bonchev–Trinajstić information content (AvgIpc) is 2.29. The molecule has 0 bridgehead atoms. The molecule has 1 nitrogen and oxygen atoms in total. The quantitative estimate of drug-likeness (QED) is 0.366. The Morgan fingerprint density at radius 3 is 2.17 bits per heavy atom. The first kappa shape index (κ1) is 16.3. The molecular formula is C17H25N. The zero-order valence-corrected chi connectivity index (χ0v) is 12.2. The molecule has 0 unspecified atom stereocenters. The lowest BCUT2D eigenvalue weighted by molar-refractivity contribution is 0.389. The molecule has 0 aromatic heterocycles. The molecule has 0 atom stereocenters. The van der Waals surface area contributed by atoms with Gasteiger partial charge in [-0.2, -0.15) is 0 Å². The Balaban J connectivity index is 5.24. The third-order valence-corrected chi connectivity index (χ3v) is 2.72. The molecule has 1 heteroatoms. The first-order valence-corrected chi connectivity index (χ1v) is 6.38. The van der Waals surface area contributed by atoms with Gasteiger partial charge in [0, 0.05) is 18.8 Å². The predicted octanol–water partition coefficient (Wildman–Crippen LogP) is 4.31. The van der Waals surface area contributed by atoms with Crippen molar-refractivity contribution in [3.63, 3.8) is 0 Å². The van der Waals surface area contributed by atoms with E-state index in [0.717, 1.165) is 36.4 Å². The van der Waals surface area contributed by atoms with Gasteiger partial charge in [-0.3, -0.25) is 0 Å². The van der Waals surface area contributed by atoms with Crippen LogP contribution >= 0.6 is 0 Å². The first-order chi connectivity index (χ1) is 8.46. The molecule has 0 heterocycles. The summed E-state index contributed by atoms with van der Waals surface area (Å²) in [5.41, 5.74) is 4.45. The summed E-state index contributed by atoms with van der Waals surface area (Å²) in [5.74, 6) is 2.55. The van der Waals surface area contributed by atoms with Crippen molar-refractivity contribution in [2.75, 3.05) is 13.1 Å². The Labute approximate surface area is 113 Å². The van der Waals surface area contributed by atoms with Gasteiger partial charge in [0.05, 0.1) is 0 Å². The summed E-state index contributed by atoms with van der Waals surface area (Å²) in [7, 11) is 0. The van der Waals surface area contributed by atoms with Crippen LogP contribution in [-0.2, 0) is 0 Å². The van der Waals surface area contributed by atoms with Crippen molar-refractivity contribution >= 4 is 0 Å². The number of rotatable bonds is 7. The lowest BCUT2D eigenvalue weighted by Gasteiger charge is -2.25. The zero-order chi connectivity index (χ0) is 14.1. The molecule has 18 heavy (non-hydrogen) atoms. The van der Waals surface area contributed by atoms with Crippen LogP contribution in [-0.4, -0.2) is 18.0 Å². The van der Waals surface area contributed by atoms with Crippen molar-refractivity contribution < 1.29 is 0 Å². The van der Waals surface area contributed by atoms with Crippen LogP contribution in [0.15, 0.2) is 47.7 Å². The van der Waals surface area contributed by atoms with Gasteiger partial charge in [0.25, 0.3) is 0 Å². The molecule has 0 saturated heterocycles. The Bertz CT molecular complexity index is 398. The van der Waals surface area contributed by atoms with E-state index >= 15 is 0 Å². The normalized spacial score (nSPS) is 11.9. The average molecular weight is 243 g/mol. The third kappa shape index (κ3) is 5.59. The van der Waals surface area contributed by atoms with Gasteiger partial charge in [0.1, 0.15) is 0 Å². The molecule has 0 amide bonds. The fourth-order valence-corrected chi connectivity index (χ4v) is 1.82. The fourth-order valence-electron chi connectivity index (χ4n) is 1.82. The van der Waals surface area contributed by atoms with Crippen LogP contribution < -0.4 is 0 Å². The van der Waals surface area contributed by atoms with E-state index in [2.05, 4.69) is 43.9 Å². The molecule has 0 rings (SSSR count). The maximum atomic E-state index is 5.29. The van der Waals surface area contributed by atoms with Gasteiger partial charge in [-0.15, -0.1) is 6.42 Å². The Morgan fingerprint density at radius 2 is 1.78 bits per heavy atom. The third-order valence-electron chi connectivity index (χ3n) is 2.72. The lowest BCUT2D eigenvalue weighted by Crippen LogP contribution is -2.22. The van der Waals surface area contributed by atoms with Crippen LogP contribution in [0, 0.1) is 12.3 Å². The van der Waals surface area contributed by atoms with Crippen LogP contribution in [0.2, 0.25) is 0 Å². The van der Waals surface area contributed by atoms with Gasteiger partial charge in [-0.1, -0.05) is 30.7 Å². The summed E-state index contributed by atoms with van der Waals surface area (Å²) in [6.07, 6.45) is 10.0. The number of hydrogen-bond donors (Lipinski definition) is 0. The summed E-state index contributed by atoms with van der Waals surface area (Å²) >= 11 is 0. The second-order valence-electron chi connectivity index (χ2n) is 4.48. The molecule has 98 valence electrons. The minimum absolute atomic E-state index is 0.838. The molecule has 0 spiro atoms. The Morgan fingerprint density at radius 1 is 1.22 bits per heavy atom. The summed E-state index contributed by atoms with van der Waals surface area (Å²) in [5, 5.41) is 0. The number of hydrogen-bond acceptors (Lipinski definition) is 1. The minimum Gasteiger partial charge on any atom is -0.372 e. The second kappa shape index (κ2) is 8.42. The van der Waals surface area contributed by atoms with Gasteiger partial charge in [0.15, 0.2) is 0 Å². The van der Waals surface area contributed by atoms with E-state index in [-0.39, 0.29) is 0 Å². The Kier molecular flexibility index (Phi) is 7.63. The van der Waals surface area contributed by atoms with Crippen LogP contribution in [0.3, 0.4) is 0 Å². The second-order valence-corrected chi connectivity index (χ2v) is 4.48. The molecule has 0 N–H and O–H groups in total. The summed E-state index contributed by atoms with van der Waals surface area (Å²) in [6, 6.07) is 0. The van der Waals surface area contributed by atoms with E-state index in [1.807, 2.05) is 13.8 Å². The van der Waals surface area contributed by atoms with Crippen LogP contribution in [0.1, 0.15) is 34.1 Å². The van der Waals surface area contributed by atoms with Crippen LogP contribution in [0.5, 0.6) is 0 Å². The van der Waals surface area contributed by atoms with E-state index in [1.165, 1.54) is 5.57 Å². The van der Waals surface area contributed by atoms with Crippen LogP contribution in [0.25, 0.3) is 0 Å². The van der Waals surface area contributed by atoms with Crippen molar-refractivity contribution in [1.29, 1.82) is 0 Å². The molecular weight excluding hydrogens is 218 g/mol. The Hall–Kier alpha value is -1.68. The molecule has 0 aromatic carbocycles. The van der Waals surface area contributed by atoms with Crippen molar-refractivity contribution in [1.82, 2.24) is 4.90 Å². The highest BCUT2D eigenvalue weighted by Crippen LogP contribution is 2.21. The highest BCUT2D eigenvalue weighted by molar-refractivity contribution is 5.38. The van der Waals surface area contributed by atoms with E-state index in [0.29, 0.717) is 0 Å². The van der Waals surface area contributed by atoms with E-state index in [4.69, 9.17) is 6.42 Å². The molecule has 0 saturated carbocycles. The van der Waals surface area contributed by atoms with E-state index in [9.17, 15) is 0 Å². The summed E-state index contributed by atoms with van der Waals surface area (Å²) in [4.78, 5) is 2.25. The monoisotopic (exact) mass is 243 g/mol. The molecule has 0 radical (unpaired) electrons. The number of nitrogens with zero attached hydrogens (tertiary/aromatic N) is 1. The highest BCUT2D eigenvalue weighted by atomic mass is 15.1. The largest absolute Gasteiger partial charge is 0.372 e. The molecule has 0 aliphatic heterocycles. The van der Waals surface area contributed by atoms with Crippen LogP contribution in [0.4, 0.5) is 0 Å². The smallest absolute Gasteiger partial charge is 0.0328 e. The van der Waals surface area contributed by atoms with Gasteiger partial charge in [-0.25, -0.2) is 0 Å². The van der Waals surface area contributed by atoms with Gasteiger partial charge in [0.2, 0.25) is 0 Å². The first-order valence-electron chi connectivity index (χ1n) is 6.38. The molecule has 0 aromatic rings. The van der Waals surface area contributed by atoms with E-state index < -0.39 is 0 Å². The summed E-state index contributed by atoms with van der Waals surface area (Å²) in [6.45, 7) is 18.4. The fraction of sp³-hybridized carbons (Fsp3) is 0.412. The van der Waals surface area contributed by atoms with E-state index in [1.54, 1.807) is 6.08 Å². The maximum absolute atomic E-state index is 5.29. The van der Waals surface area contributed by atoms with Gasteiger partial charge < -0.3 is 4.90 Å². The molecule has 0 aliphatic carbocycles. The van der Waals surface area contributed by atoms with Crippen molar-refractivity contribution in [3.8, 4) is 12.3 Å². The van der Waals surface area contributed by atoms with Crippen molar-refractivity contribution in [2.24, 2.45) is 0 Å². The number of likely N-dealkylation sites (N-methyl/N-ethyl adjacent to an activating group) is 1. The standard InChI is InChI=1S/C17H25N/c1-8-11-15(6)13-17(12-14(4)5)16(7)18(9-2)10-3/h1,11,13H,4,7,9-10,12H2,2-3,5-6H3/b15-11+,17-13+. The zero-order valence-electron chi connectivity index (χ0n) is 12.2.